The van der Waals surface area contributed by atoms with Crippen LogP contribution in [-0.4, -0.2) is 24.5 Å². The molecule has 1 atom stereocenters. The van der Waals surface area contributed by atoms with E-state index in [0.29, 0.717) is 23.7 Å². The third kappa shape index (κ3) is 5.34. The van der Waals surface area contributed by atoms with Gasteiger partial charge >= 0.3 is 5.97 Å². The number of hydrogen-bond acceptors (Lipinski definition) is 4. The maximum Gasteiger partial charge on any atom is 0.334 e. The number of aryl methyl sites for hydroxylation is 1. The second-order valence-electron chi connectivity index (χ2n) is 6.39. The number of ether oxygens (including phenoxy) is 2. The predicted octanol–water partition coefficient (Wildman–Crippen LogP) is 3.75. The van der Waals surface area contributed by atoms with Crippen LogP contribution >= 0.6 is 0 Å². The van der Waals surface area contributed by atoms with Crippen LogP contribution in [0.1, 0.15) is 36.7 Å². The molecule has 26 heavy (non-hydrogen) atoms. The van der Waals surface area contributed by atoms with E-state index in [2.05, 4.69) is 5.32 Å². The standard InChI is InChI=1S/C21H25NO4/c1-5-25-17-11-9-16(10-12-17)20(23)22-19(14(2)3)21(24)26-18-8-6-7-15(4)13-18/h6-14,19H,5H2,1-4H3,(H,22,23)/t19-/m0/s1. The maximum absolute atomic E-state index is 12.5. The van der Waals surface area contributed by atoms with Crippen molar-refractivity contribution in [1.29, 1.82) is 0 Å². The van der Waals surface area contributed by atoms with E-state index in [4.69, 9.17) is 9.47 Å². The number of nitrogens with one attached hydrogen (secondary N) is 1. The predicted molar refractivity (Wildman–Crippen MR) is 101 cm³/mol. The van der Waals surface area contributed by atoms with Gasteiger partial charge in [0.2, 0.25) is 0 Å². The third-order valence-electron chi connectivity index (χ3n) is 3.84. The number of carbonyl (C=O) groups excluding carboxylic acids is 2. The van der Waals surface area contributed by atoms with E-state index < -0.39 is 12.0 Å². The quantitative estimate of drug-likeness (QED) is 0.607. The van der Waals surface area contributed by atoms with E-state index in [1.807, 2.05) is 39.8 Å². The van der Waals surface area contributed by atoms with Crippen molar-refractivity contribution >= 4 is 11.9 Å². The molecular weight excluding hydrogens is 330 g/mol. The van der Waals surface area contributed by atoms with Crippen LogP contribution in [0.15, 0.2) is 48.5 Å². The summed E-state index contributed by atoms with van der Waals surface area (Å²) in [6.45, 7) is 8.10. The van der Waals surface area contributed by atoms with Crippen molar-refractivity contribution in [2.24, 2.45) is 5.92 Å². The van der Waals surface area contributed by atoms with E-state index >= 15 is 0 Å². The van der Waals surface area contributed by atoms with Gasteiger partial charge in [0.15, 0.2) is 0 Å². The fourth-order valence-electron chi connectivity index (χ4n) is 2.45. The molecule has 2 rings (SSSR count). The van der Waals surface area contributed by atoms with Crippen LogP contribution in [0.4, 0.5) is 0 Å². The largest absolute Gasteiger partial charge is 0.494 e. The lowest BCUT2D eigenvalue weighted by Gasteiger charge is -2.21. The van der Waals surface area contributed by atoms with Gasteiger partial charge < -0.3 is 14.8 Å². The monoisotopic (exact) mass is 355 g/mol. The molecule has 2 aromatic rings. The van der Waals surface area contributed by atoms with Crippen molar-refractivity contribution in [1.82, 2.24) is 5.32 Å². The summed E-state index contributed by atoms with van der Waals surface area (Å²) in [5.74, 6) is 0.246. The number of esters is 1. The molecule has 0 unspecified atom stereocenters. The molecule has 1 amide bonds. The Labute approximate surface area is 154 Å². The molecule has 0 aliphatic rings. The van der Waals surface area contributed by atoms with Crippen molar-refractivity contribution in [3.8, 4) is 11.5 Å². The number of benzene rings is 2. The van der Waals surface area contributed by atoms with Gasteiger partial charge in [-0.15, -0.1) is 0 Å². The zero-order valence-corrected chi connectivity index (χ0v) is 15.6. The van der Waals surface area contributed by atoms with Crippen LogP contribution in [0.5, 0.6) is 11.5 Å². The van der Waals surface area contributed by atoms with Crippen molar-refractivity contribution in [2.45, 2.75) is 33.7 Å². The molecular formula is C21H25NO4. The van der Waals surface area contributed by atoms with Crippen LogP contribution in [0.2, 0.25) is 0 Å². The lowest BCUT2D eigenvalue weighted by Crippen LogP contribution is -2.46. The third-order valence-corrected chi connectivity index (χ3v) is 3.84. The molecule has 5 nitrogen and oxygen atoms in total. The Morgan fingerprint density at radius 3 is 2.31 bits per heavy atom. The fraction of sp³-hybridized carbons (Fsp3) is 0.333. The highest BCUT2D eigenvalue weighted by Gasteiger charge is 2.26. The molecule has 138 valence electrons. The molecule has 0 spiro atoms. The first kappa shape index (κ1) is 19.5. The van der Waals surface area contributed by atoms with E-state index in [0.717, 1.165) is 5.56 Å². The molecule has 0 fully saturated rings. The zero-order valence-electron chi connectivity index (χ0n) is 15.6. The molecule has 0 heterocycles. The zero-order chi connectivity index (χ0) is 19.1. The van der Waals surface area contributed by atoms with Gasteiger partial charge in [0, 0.05) is 5.56 Å². The minimum Gasteiger partial charge on any atom is -0.494 e. The summed E-state index contributed by atoms with van der Waals surface area (Å²) >= 11 is 0. The lowest BCUT2D eigenvalue weighted by molar-refractivity contribution is -0.137. The summed E-state index contributed by atoms with van der Waals surface area (Å²) in [6.07, 6.45) is 0. The molecule has 0 radical (unpaired) electrons. The van der Waals surface area contributed by atoms with E-state index in [9.17, 15) is 9.59 Å². The highest BCUT2D eigenvalue weighted by molar-refractivity contribution is 5.97. The number of rotatable bonds is 7. The second-order valence-corrected chi connectivity index (χ2v) is 6.39. The van der Waals surface area contributed by atoms with Crippen molar-refractivity contribution in [2.75, 3.05) is 6.61 Å². The highest BCUT2D eigenvalue weighted by Crippen LogP contribution is 2.16. The summed E-state index contributed by atoms with van der Waals surface area (Å²) in [4.78, 5) is 25.0. The first-order valence-corrected chi connectivity index (χ1v) is 8.72. The average molecular weight is 355 g/mol. The van der Waals surface area contributed by atoms with Crippen LogP contribution in [-0.2, 0) is 4.79 Å². The average Bonchev–Trinajstić information content (AvgIpc) is 2.60. The van der Waals surface area contributed by atoms with Gasteiger partial charge in [-0.3, -0.25) is 4.79 Å². The summed E-state index contributed by atoms with van der Waals surface area (Å²) < 4.78 is 10.8. The normalized spacial score (nSPS) is 11.7. The first-order valence-electron chi connectivity index (χ1n) is 8.72. The Hall–Kier alpha value is -2.82. The fourth-order valence-corrected chi connectivity index (χ4v) is 2.45. The Morgan fingerprint density at radius 1 is 1.04 bits per heavy atom. The van der Waals surface area contributed by atoms with Gasteiger partial charge in [-0.2, -0.15) is 0 Å². The molecule has 0 aromatic heterocycles. The van der Waals surface area contributed by atoms with Crippen molar-refractivity contribution in [3.05, 3.63) is 59.7 Å². The molecule has 0 aliphatic heterocycles. The molecule has 0 aliphatic carbocycles. The van der Waals surface area contributed by atoms with E-state index in [1.54, 1.807) is 36.4 Å². The summed E-state index contributed by atoms with van der Waals surface area (Å²) in [6, 6.07) is 13.3. The topological polar surface area (TPSA) is 64.6 Å². The Balaban J connectivity index is 2.06. The van der Waals surface area contributed by atoms with Gasteiger partial charge in [-0.25, -0.2) is 4.79 Å². The summed E-state index contributed by atoms with van der Waals surface area (Å²) in [5, 5.41) is 2.76. The number of amides is 1. The van der Waals surface area contributed by atoms with Crippen molar-refractivity contribution < 1.29 is 19.1 Å². The van der Waals surface area contributed by atoms with Gasteiger partial charge in [-0.1, -0.05) is 26.0 Å². The minimum absolute atomic E-state index is 0.112. The van der Waals surface area contributed by atoms with Crippen LogP contribution in [0.3, 0.4) is 0 Å². The smallest absolute Gasteiger partial charge is 0.334 e. The molecule has 2 aromatic carbocycles. The van der Waals surface area contributed by atoms with Crippen LogP contribution in [0, 0.1) is 12.8 Å². The Morgan fingerprint density at radius 2 is 1.73 bits per heavy atom. The van der Waals surface area contributed by atoms with Gasteiger partial charge in [0.05, 0.1) is 6.61 Å². The van der Waals surface area contributed by atoms with Gasteiger partial charge in [-0.05, 0) is 61.7 Å². The number of carbonyl (C=O) groups is 2. The Bertz CT molecular complexity index is 753. The molecule has 0 saturated heterocycles. The molecule has 0 bridgehead atoms. The van der Waals surface area contributed by atoms with Crippen molar-refractivity contribution in [3.63, 3.8) is 0 Å². The minimum atomic E-state index is -0.741. The molecule has 1 N–H and O–H groups in total. The van der Waals surface area contributed by atoms with E-state index in [1.165, 1.54) is 0 Å². The molecule has 0 saturated carbocycles. The number of hydrogen-bond donors (Lipinski definition) is 1. The lowest BCUT2D eigenvalue weighted by atomic mass is 10.0. The first-order chi connectivity index (χ1) is 12.4. The maximum atomic E-state index is 12.5. The highest BCUT2D eigenvalue weighted by atomic mass is 16.5. The SMILES string of the molecule is CCOc1ccc(C(=O)N[C@H](C(=O)Oc2cccc(C)c2)C(C)C)cc1. The van der Waals surface area contributed by atoms with Crippen LogP contribution in [0.25, 0.3) is 0 Å². The Kier molecular flexibility index (Phi) is 6.78. The second kappa shape index (κ2) is 9.04. The van der Waals surface area contributed by atoms with Crippen LogP contribution < -0.4 is 14.8 Å². The summed E-state index contributed by atoms with van der Waals surface area (Å²) in [5.41, 5.74) is 1.46. The van der Waals surface area contributed by atoms with Gasteiger partial charge in [0.1, 0.15) is 17.5 Å². The summed E-state index contributed by atoms with van der Waals surface area (Å²) in [7, 11) is 0. The van der Waals surface area contributed by atoms with Gasteiger partial charge in [0.25, 0.3) is 5.91 Å². The molecule has 5 heteroatoms. The van der Waals surface area contributed by atoms with E-state index in [-0.39, 0.29) is 11.8 Å².